The van der Waals surface area contributed by atoms with Gasteiger partial charge in [-0.25, -0.2) is 17.6 Å². The van der Waals surface area contributed by atoms with Crippen LogP contribution in [0.25, 0.3) is 0 Å². The summed E-state index contributed by atoms with van der Waals surface area (Å²) in [4.78, 5) is 10.5. The van der Waals surface area contributed by atoms with Crippen LogP contribution in [0.1, 0.15) is 17.3 Å². The van der Waals surface area contributed by atoms with Gasteiger partial charge in [0.1, 0.15) is 5.82 Å². The van der Waals surface area contributed by atoms with E-state index in [0.29, 0.717) is 5.75 Å². The fourth-order valence-electron chi connectivity index (χ4n) is 1.33. The number of hydrogen-bond acceptors (Lipinski definition) is 4. The smallest absolute Gasteiger partial charge is 0.337 e. The predicted molar refractivity (Wildman–Crippen MR) is 73.4 cm³/mol. The highest BCUT2D eigenvalue weighted by Crippen LogP contribution is 2.25. The minimum absolute atomic E-state index is 0.175. The predicted octanol–water partition coefficient (Wildman–Crippen LogP) is 2.70. The Morgan fingerprint density at radius 3 is 2.63 bits per heavy atom. The van der Waals surface area contributed by atoms with Crippen molar-refractivity contribution in [1.82, 2.24) is 0 Å². The standard InChI is InChI=1S/C11H12ClFO4S2/c1-2-18-3-4-19(16,17)7-5-8(11(14)15)10(12)9(13)6-7/h5-6H,2-4H2,1H3,(H,14,15). The van der Waals surface area contributed by atoms with E-state index < -0.39 is 32.2 Å². The zero-order chi connectivity index (χ0) is 14.6. The maximum Gasteiger partial charge on any atom is 0.337 e. The van der Waals surface area contributed by atoms with Crippen LogP contribution in [-0.4, -0.2) is 36.8 Å². The van der Waals surface area contributed by atoms with Crippen molar-refractivity contribution < 1.29 is 22.7 Å². The molecule has 0 aliphatic rings. The van der Waals surface area contributed by atoms with Crippen molar-refractivity contribution in [2.45, 2.75) is 11.8 Å². The number of rotatable bonds is 6. The molecule has 1 N–H and O–H groups in total. The normalized spacial score (nSPS) is 11.5. The second-order valence-electron chi connectivity index (χ2n) is 3.59. The third-order valence-corrected chi connectivity index (χ3v) is 5.53. The first kappa shape index (κ1) is 16.3. The van der Waals surface area contributed by atoms with E-state index in [1.54, 1.807) is 0 Å². The van der Waals surface area contributed by atoms with Crippen LogP contribution in [0.2, 0.25) is 5.02 Å². The van der Waals surface area contributed by atoms with Gasteiger partial charge in [0.15, 0.2) is 9.84 Å². The number of carbonyl (C=O) groups is 1. The van der Waals surface area contributed by atoms with Crippen LogP contribution in [0.3, 0.4) is 0 Å². The van der Waals surface area contributed by atoms with Crippen LogP contribution < -0.4 is 0 Å². The average Bonchev–Trinajstić information content (AvgIpc) is 2.32. The first-order chi connectivity index (χ1) is 8.79. The lowest BCUT2D eigenvalue weighted by molar-refractivity contribution is 0.0696. The summed E-state index contributed by atoms with van der Waals surface area (Å²) in [6.07, 6.45) is 0. The lowest BCUT2D eigenvalue weighted by Crippen LogP contribution is -2.11. The molecule has 19 heavy (non-hydrogen) atoms. The summed E-state index contributed by atoms with van der Waals surface area (Å²) >= 11 is 6.91. The molecule has 106 valence electrons. The molecule has 0 atom stereocenters. The van der Waals surface area contributed by atoms with Gasteiger partial charge in [-0.2, -0.15) is 11.8 Å². The van der Waals surface area contributed by atoms with E-state index >= 15 is 0 Å². The summed E-state index contributed by atoms with van der Waals surface area (Å²) in [6.45, 7) is 1.89. The molecule has 0 radical (unpaired) electrons. The topological polar surface area (TPSA) is 71.4 Å². The lowest BCUT2D eigenvalue weighted by Gasteiger charge is -2.07. The van der Waals surface area contributed by atoms with Crippen molar-refractivity contribution in [3.8, 4) is 0 Å². The number of benzene rings is 1. The summed E-state index contributed by atoms with van der Waals surface area (Å²) in [5.41, 5.74) is -0.552. The Balaban J connectivity index is 3.17. The van der Waals surface area contributed by atoms with Gasteiger partial charge in [0, 0.05) is 5.75 Å². The summed E-state index contributed by atoms with van der Waals surface area (Å²) in [6, 6.07) is 1.64. The van der Waals surface area contributed by atoms with Crippen LogP contribution in [0.15, 0.2) is 17.0 Å². The summed E-state index contributed by atoms with van der Waals surface area (Å²) in [5.74, 6) is -1.56. The summed E-state index contributed by atoms with van der Waals surface area (Å²) in [5, 5.41) is 8.26. The molecule has 0 saturated carbocycles. The zero-order valence-electron chi connectivity index (χ0n) is 10.0. The fraction of sp³-hybridized carbons (Fsp3) is 0.364. The quantitative estimate of drug-likeness (QED) is 0.814. The minimum atomic E-state index is -3.71. The number of carboxylic acid groups (broad SMARTS) is 1. The van der Waals surface area contributed by atoms with Crippen LogP contribution in [0.4, 0.5) is 4.39 Å². The summed E-state index contributed by atoms with van der Waals surface area (Å²) < 4.78 is 37.3. The maximum absolute atomic E-state index is 13.5. The number of thioether (sulfide) groups is 1. The largest absolute Gasteiger partial charge is 0.478 e. The van der Waals surface area contributed by atoms with Gasteiger partial charge in [0.2, 0.25) is 0 Å². The van der Waals surface area contributed by atoms with Gasteiger partial charge in [-0.1, -0.05) is 18.5 Å². The molecular formula is C11H12ClFO4S2. The third kappa shape index (κ3) is 4.09. The molecule has 1 rings (SSSR count). The van der Waals surface area contributed by atoms with Crippen molar-refractivity contribution >= 4 is 39.2 Å². The Morgan fingerprint density at radius 2 is 2.11 bits per heavy atom. The maximum atomic E-state index is 13.5. The number of sulfone groups is 1. The van der Waals surface area contributed by atoms with E-state index in [4.69, 9.17) is 16.7 Å². The van der Waals surface area contributed by atoms with E-state index in [0.717, 1.165) is 17.9 Å². The summed E-state index contributed by atoms with van der Waals surface area (Å²) in [7, 11) is -3.71. The van der Waals surface area contributed by atoms with Crippen LogP contribution >= 0.6 is 23.4 Å². The molecule has 0 aliphatic heterocycles. The molecule has 1 aromatic carbocycles. The van der Waals surface area contributed by atoms with Crippen LogP contribution in [0, 0.1) is 5.82 Å². The molecular weight excluding hydrogens is 315 g/mol. The van der Waals surface area contributed by atoms with Gasteiger partial charge in [-0.05, 0) is 17.9 Å². The highest BCUT2D eigenvalue weighted by atomic mass is 35.5. The number of halogens is 2. The van der Waals surface area contributed by atoms with E-state index in [2.05, 4.69) is 0 Å². The molecule has 0 unspecified atom stereocenters. The third-order valence-electron chi connectivity index (χ3n) is 2.29. The van der Waals surface area contributed by atoms with Crippen molar-refractivity contribution in [2.24, 2.45) is 0 Å². The van der Waals surface area contributed by atoms with Crippen molar-refractivity contribution in [2.75, 3.05) is 17.3 Å². The van der Waals surface area contributed by atoms with Gasteiger partial charge in [-0.3, -0.25) is 0 Å². The molecule has 1 aromatic rings. The average molecular weight is 327 g/mol. The second-order valence-corrected chi connectivity index (χ2v) is 7.47. The fourth-order valence-corrected chi connectivity index (χ4v) is 3.97. The highest BCUT2D eigenvalue weighted by Gasteiger charge is 2.21. The Kier molecular flexibility index (Phi) is 5.64. The van der Waals surface area contributed by atoms with Gasteiger partial charge < -0.3 is 5.11 Å². The highest BCUT2D eigenvalue weighted by molar-refractivity contribution is 8.00. The first-order valence-electron chi connectivity index (χ1n) is 5.32. The lowest BCUT2D eigenvalue weighted by atomic mass is 10.2. The van der Waals surface area contributed by atoms with E-state index in [1.165, 1.54) is 11.8 Å². The molecule has 0 spiro atoms. The van der Waals surface area contributed by atoms with Crippen molar-refractivity contribution in [3.05, 3.63) is 28.5 Å². The Labute approximate surface area is 119 Å². The SMILES string of the molecule is CCSCCS(=O)(=O)c1cc(F)c(Cl)c(C(=O)O)c1. The Bertz CT molecular complexity index is 587. The number of aromatic carboxylic acids is 1. The second kappa shape index (κ2) is 6.58. The van der Waals surface area contributed by atoms with Gasteiger partial charge >= 0.3 is 5.97 Å². The zero-order valence-corrected chi connectivity index (χ0v) is 12.4. The molecule has 0 bridgehead atoms. The number of carboxylic acids is 1. The molecule has 0 amide bonds. The molecule has 0 aliphatic carbocycles. The van der Waals surface area contributed by atoms with Gasteiger partial charge in [-0.15, -0.1) is 0 Å². The first-order valence-corrected chi connectivity index (χ1v) is 8.51. The molecule has 0 aromatic heterocycles. The molecule has 0 fully saturated rings. The van der Waals surface area contributed by atoms with E-state index in [-0.39, 0.29) is 10.6 Å². The molecule has 0 saturated heterocycles. The Hall–Kier alpha value is -0.790. The minimum Gasteiger partial charge on any atom is -0.478 e. The van der Waals surface area contributed by atoms with Gasteiger partial charge in [0.25, 0.3) is 0 Å². The molecule has 8 heteroatoms. The van der Waals surface area contributed by atoms with Crippen molar-refractivity contribution in [3.63, 3.8) is 0 Å². The monoisotopic (exact) mass is 326 g/mol. The Morgan fingerprint density at radius 1 is 1.47 bits per heavy atom. The van der Waals surface area contributed by atoms with E-state index in [1.807, 2.05) is 6.92 Å². The van der Waals surface area contributed by atoms with E-state index in [9.17, 15) is 17.6 Å². The van der Waals surface area contributed by atoms with Crippen molar-refractivity contribution in [1.29, 1.82) is 0 Å². The van der Waals surface area contributed by atoms with Crippen LogP contribution in [-0.2, 0) is 9.84 Å². The van der Waals surface area contributed by atoms with Crippen LogP contribution in [0.5, 0.6) is 0 Å². The number of hydrogen-bond donors (Lipinski definition) is 1. The molecule has 4 nitrogen and oxygen atoms in total. The molecule has 0 heterocycles. The van der Waals surface area contributed by atoms with Gasteiger partial charge in [0.05, 0.1) is 21.2 Å².